The summed E-state index contributed by atoms with van der Waals surface area (Å²) in [6.45, 7) is 1.84. The third-order valence-electron chi connectivity index (χ3n) is 3.51. The Bertz CT molecular complexity index is 875. The van der Waals surface area contributed by atoms with Crippen molar-refractivity contribution in [3.63, 3.8) is 0 Å². The number of esters is 1. The summed E-state index contributed by atoms with van der Waals surface area (Å²) >= 11 is 0. The number of benzene rings is 1. The van der Waals surface area contributed by atoms with Gasteiger partial charge in [-0.05, 0) is 42.3 Å². The van der Waals surface area contributed by atoms with E-state index >= 15 is 0 Å². The van der Waals surface area contributed by atoms with E-state index in [1.807, 2.05) is 25.1 Å². The van der Waals surface area contributed by atoms with Gasteiger partial charge < -0.3 is 9.84 Å². The first-order valence-electron chi connectivity index (χ1n) is 6.73. The van der Waals surface area contributed by atoms with Gasteiger partial charge in [-0.15, -0.1) is 0 Å². The summed E-state index contributed by atoms with van der Waals surface area (Å²) in [5, 5.41) is 9.65. The zero-order valence-corrected chi connectivity index (χ0v) is 12.2. The number of phenols is 1. The molecule has 0 bridgehead atoms. The van der Waals surface area contributed by atoms with E-state index in [9.17, 15) is 9.90 Å². The summed E-state index contributed by atoms with van der Waals surface area (Å²) in [5.74, 6) is -0.190. The zero-order chi connectivity index (χ0) is 15.7. The van der Waals surface area contributed by atoms with Crippen molar-refractivity contribution >= 4 is 17.0 Å². The van der Waals surface area contributed by atoms with Gasteiger partial charge in [-0.1, -0.05) is 6.07 Å². The van der Waals surface area contributed by atoms with Gasteiger partial charge in [0, 0.05) is 18.0 Å². The second-order valence-corrected chi connectivity index (χ2v) is 4.94. The molecule has 5 nitrogen and oxygen atoms in total. The minimum absolute atomic E-state index is 0.253. The molecule has 0 fully saturated rings. The lowest BCUT2D eigenvalue weighted by Crippen LogP contribution is -2.02. The van der Waals surface area contributed by atoms with Crippen LogP contribution in [0.2, 0.25) is 0 Å². The lowest BCUT2D eigenvalue weighted by Gasteiger charge is -2.08. The molecule has 0 aliphatic carbocycles. The fourth-order valence-corrected chi connectivity index (χ4v) is 2.32. The van der Waals surface area contributed by atoms with Gasteiger partial charge in [0.2, 0.25) is 0 Å². The second kappa shape index (κ2) is 5.44. The molecule has 2 heterocycles. The van der Waals surface area contributed by atoms with E-state index in [1.54, 1.807) is 18.3 Å². The Morgan fingerprint density at radius 2 is 2.00 bits per heavy atom. The van der Waals surface area contributed by atoms with Crippen LogP contribution in [0.4, 0.5) is 0 Å². The average molecular weight is 294 g/mol. The van der Waals surface area contributed by atoms with Crippen molar-refractivity contribution in [3.8, 4) is 16.9 Å². The number of fused-ring (bicyclic) bond motifs is 1. The molecule has 22 heavy (non-hydrogen) atoms. The normalized spacial score (nSPS) is 10.6. The maximum atomic E-state index is 11.6. The predicted molar refractivity (Wildman–Crippen MR) is 82.7 cm³/mol. The molecule has 0 unspecified atom stereocenters. The van der Waals surface area contributed by atoms with Gasteiger partial charge in [-0.2, -0.15) is 0 Å². The molecule has 5 heteroatoms. The Morgan fingerprint density at radius 3 is 2.73 bits per heavy atom. The number of aromatic nitrogens is 2. The first kappa shape index (κ1) is 14.0. The highest BCUT2D eigenvalue weighted by atomic mass is 16.5. The molecule has 0 radical (unpaired) electrons. The maximum absolute atomic E-state index is 11.6. The van der Waals surface area contributed by atoms with Crippen molar-refractivity contribution in [2.45, 2.75) is 6.92 Å². The third-order valence-corrected chi connectivity index (χ3v) is 3.51. The molecule has 1 aromatic carbocycles. The number of aromatic hydroxyl groups is 1. The molecule has 0 amide bonds. The van der Waals surface area contributed by atoms with E-state index in [0.29, 0.717) is 16.6 Å². The summed E-state index contributed by atoms with van der Waals surface area (Å²) in [7, 11) is 1.33. The molecule has 1 N–H and O–H groups in total. The lowest BCUT2D eigenvalue weighted by molar-refractivity contribution is 0.0600. The van der Waals surface area contributed by atoms with Gasteiger partial charge in [0.05, 0.1) is 23.7 Å². The molecule has 0 aliphatic heterocycles. The van der Waals surface area contributed by atoms with Crippen molar-refractivity contribution in [2.24, 2.45) is 0 Å². The first-order valence-corrected chi connectivity index (χ1v) is 6.73. The summed E-state index contributed by atoms with van der Waals surface area (Å²) in [4.78, 5) is 20.2. The topological polar surface area (TPSA) is 72.3 Å². The number of pyridine rings is 2. The number of ether oxygens (including phenoxy) is 1. The van der Waals surface area contributed by atoms with Crippen molar-refractivity contribution in [1.29, 1.82) is 0 Å². The summed E-state index contributed by atoms with van der Waals surface area (Å²) in [6.07, 6.45) is 3.15. The van der Waals surface area contributed by atoms with Crippen LogP contribution in [0, 0.1) is 6.92 Å². The van der Waals surface area contributed by atoms with Gasteiger partial charge in [0.1, 0.15) is 5.75 Å². The van der Waals surface area contributed by atoms with Crippen LogP contribution in [0.1, 0.15) is 15.9 Å². The SMILES string of the molecule is COC(=O)c1cnc2c(-c3ccc(O)c(C)c3)ccnc2c1. The summed E-state index contributed by atoms with van der Waals surface area (Å²) in [5.41, 5.74) is 4.28. The van der Waals surface area contributed by atoms with Crippen molar-refractivity contribution in [2.75, 3.05) is 7.11 Å². The number of hydrogen-bond donors (Lipinski definition) is 1. The fraction of sp³-hybridized carbons (Fsp3) is 0.118. The number of carbonyl (C=O) groups excluding carboxylic acids is 1. The van der Waals surface area contributed by atoms with Crippen LogP contribution < -0.4 is 0 Å². The Hall–Kier alpha value is -2.95. The van der Waals surface area contributed by atoms with Crippen LogP contribution in [0.25, 0.3) is 22.2 Å². The number of rotatable bonds is 2. The molecule has 0 saturated carbocycles. The predicted octanol–water partition coefficient (Wildman–Crippen LogP) is 3.10. The number of aryl methyl sites for hydroxylation is 1. The molecule has 110 valence electrons. The van der Waals surface area contributed by atoms with Crippen LogP contribution in [0.15, 0.2) is 42.7 Å². The molecule has 3 aromatic rings. The van der Waals surface area contributed by atoms with Gasteiger partial charge in [-0.3, -0.25) is 9.97 Å². The zero-order valence-electron chi connectivity index (χ0n) is 12.2. The van der Waals surface area contributed by atoms with Crippen LogP contribution in [0.5, 0.6) is 5.75 Å². The highest BCUT2D eigenvalue weighted by molar-refractivity contribution is 5.96. The van der Waals surface area contributed by atoms with Gasteiger partial charge in [-0.25, -0.2) is 4.79 Å². The maximum Gasteiger partial charge on any atom is 0.339 e. The van der Waals surface area contributed by atoms with E-state index in [-0.39, 0.29) is 5.75 Å². The van der Waals surface area contributed by atoms with Crippen molar-refractivity contribution in [1.82, 2.24) is 9.97 Å². The Kier molecular flexibility index (Phi) is 3.47. The molecule has 0 atom stereocenters. The molecular formula is C17H14N2O3. The van der Waals surface area contributed by atoms with E-state index < -0.39 is 5.97 Å². The monoisotopic (exact) mass is 294 g/mol. The highest BCUT2D eigenvalue weighted by Gasteiger charge is 2.11. The van der Waals surface area contributed by atoms with Crippen molar-refractivity contribution in [3.05, 3.63) is 53.9 Å². The number of carbonyl (C=O) groups is 1. The molecule has 2 aromatic heterocycles. The minimum Gasteiger partial charge on any atom is -0.508 e. The Balaban J connectivity index is 2.18. The van der Waals surface area contributed by atoms with E-state index in [2.05, 4.69) is 9.97 Å². The Labute approximate surface area is 127 Å². The van der Waals surface area contributed by atoms with Gasteiger partial charge in [0.25, 0.3) is 0 Å². The van der Waals surface area contributed by atoms with Gasteiger partial charge in [0.15, 0.2) is 0 Å². The molecule has 3 rings (SSSR count). The number of nitrogens with zero attached hydrogens (tertiary/aromatic N) is 2. The van der Waals surface area contributed by atoms with Crippen LogP contribution in [-0.4, -0.2) is 28.2 Å². The summed E-state index contributed by atoms with van der Waals surface area (Å²) < 4.78 is 4.69. The number of methoxy groups -OCH3 is 1. The van der Waals surface area contributed by atoms with E-state index in [1.165, 1.54) is 13.3 Å². The number of hydrogen-bond acceptors (Lipinski definition) is 5. The van der Waals surface area contributed by atoms with Gasteiger partial charge >= 0.3 is 5.97 Å². The van der Waals surface area contributed by atoms with Crippen molar-refractivity contribution < 1.29 is 14.6 Å². The average Bonchev–Trinajstić information content (AvgIpc) is 2.55. The molecule has 0 saturated heterocycles. The quantitative estimate of drug-likeness (QED) is 0.735. The molecule has 0 spiro atoms. The minimum atomic E-state index is -0.443. The van der Waals surface area contributed by atoms with E-state index in [0.717, 1.165) is 16.7 Å². The highest BCUT2D eigenvalue weighted by Crippen LogP contribution is 2.29. The van der Waals surface area contributed by atoms with Crippen LogP contribution >= 0.6 is 0 Å². The molecular weight excluding hydrogens is 280 g/mol. The second-order valence-electron chi connectivity index (χ2n) is 4.94. The Morgan fingerprint density at radius 1 is 1.18 bits per heavy atom. The van der Waals surface area contributed by atoms with E-state index in [4.69, 9.17) is 4.74 Å². The standard InChI is InChI=1S/C17H14N2O3/c1-10-7-11(3-4-15(10)20)13-5-6-18-14-8-12(17(21)22-2)9-19-16(13)14/h3-9,20H,1-2H3. The first-order chi connectivity index (χ1) is 10.6. The smallest absolute Gasteiger partial charge is 0.339 e. The third kappa shape index (κ3) is 2.37. The van der Waals surface area contributed by atoms with Crippen LogP contribution in [0.3, 0.4) is 0 Å². The summed E-state index contributed by atoms with van der Waals surface area (Å²) in [6, 6.07) is 8.89. The number of phenolic OH excluding ortho intramolecular Hbond substituents is 1. The molecule has 0 aliphatic rings. The lowest BCUT2D eigenvalue weighted by atomic mass is 10.0. The van der Waals surface area contributed by atoms with Crippen LogP contribution in [-0.2, 0) is 4.74 Å². The largest absolute Gasteiger partial charge is 0.508 e. The fourth-order valence-electron chi connectivity index (χ4n) is 2.32.